The first-order chi connectivity index (χ1) is 13.6. The Morgan fingerprint density at radius 2 is 1.96 bits per heavy atom. The number of hydrogen-bond donors (Lipinski definition) is 1. The van der Waals surface area contributed by atoms with Crippen LogP contribution in [0.3, 0.4) is 0 Å². The third-order valence-electron chi connectivity index (χ3n) is 3.67. The van der Waals surface area contributed by atoms with Gasteiger partial charge in [-0.3, -0.25) is 10.3 Å². The summed E-state index contributed by atoms with van der Waals surface area (Å²) in [6.07, 6.45) is 3.37. The first-order valence-electron chi connectivity index (χ1n) is 8.47. The molecular formula is C20H18ClFN4OS. The molecule has 0 aliphatic rings. The minimum Gasteiger partial charge on any atom is -0.274 e. The molecule has 1 N–H and O–H groups in total. The van der Waals surface area contributed by atoms with Crippen LogP contribution in [0.5, 0.6) is 0 Å². The molecule has 0 amide bonds. The maximum absolute atomic E-state index is 13.1. The minimum atomic E-state index is -0.289. The standard InChI is InChI=1S/C20H18ClFN4OS/c1-14-19(9-10-23-27-12-16-3-2-4-18(22)11-16)24-20(26-25-14)28-13-15-5-7-17(21)8-6-15/h2-11,23H,12-13H2,1H3. The minimum absolute atomic E-state index is 0.241. The smallest absolute Gasteiger partial charge is 0.209 e. The highest BCUT2D eigenvalue weighted by atomic mass is 35.5. The van der Waals surface area contributed by atoms with Crippen molar-refractivity contribution in [3.8, 4) is 0 Å². The molecule has 0 atom stereocenters. The highest BCUT2D eigenvalue weighted by molar-refractivity contribution is 7.98. The van der Waals surface area contributed by atoms with E-state index in [1.807, 2.05) is 31.2 Å². The van der Waals surface area contributed by atoms with Gasteiger partial charge in [-0.05, 0) is 48.4 Å². The zero-order valence-corrected chi connectivity index (χ0v) is 16.7. The average molecular weight is 417 g/mol. The Bertz CT molecular complexity index is 953. The summed E-state index contributed by atoms with van der Waals surface area (Å²) < 4.78 is 13.1. The van der Waals surface area contributed by atoms with Crippen LogP contribution >= 0.6 is 23.4 Å². The Kier molecular flexibility index (Phi) is 7.36. The summed E-state index contributed by atoms with van der Waals surface area (Å²) in [6.45, 7) is 2.08. The van der Waals surface area contributed by atoms with Crippen LogP contribution in [0.4, 0.5) is 4.39 Å². The Morgan fingerprint density at radius 3 is 2.75 bits per heavy atom. The molecule has 0 aliphatic carbocycles. The molecule has 3 aromatic rings. The zero-order valence-electron chi connectivity index (χ0n) is 15.1. The molecule has 1 heterocycles. The van der Waals surface area contributed by atoms with Gasteiger partial charge in [0, 0.05) is 17.0 Å². The molecule has 3 rings (SSSR count). The van der Waals surface area contributed by atoms with E-state index < -0.39 is 0 Å². The van der Waals surface area contributed by atoms with E-state index in [4.69, 9.17) is 16.4 Å². The maximum Gasteiger partial charge on any atom is 0.209 e. The Labute approximate surface area is 172 Å². The summed E-state index contributed by atoms with van der Waals surface area (Å²) in [4.78, 5) is 9.80. The maximum atomic E-state index is 13.1. The van der Waals surface area contributed by atoms with Crippen molar-refractivity contribution in [1.82, 2.24) is 20.7 Å². The average Bonchev–Trinajstić information content (AvgIpc) is 2.69. The fourth-order valence-electron chi connectivity index (χ4n) is 2.24. The number of halogens is 2. The van der Waals surface area contributed by atoms with Gasteiger partial charge in [0.25, 0.3) is 0 Å². The number of rotatable bonds is 8. The highest BCUT2D eigenvalue weighted by Gasteiger charge is 2.05. The molecule has 0 fully saturated rings. The van der Waals surface area contributed by atoms with Gasteiger partial charge < -0.3 is 0 Å². The number of hydrogen-bond acceptors (Lipinski definition) is 6. The molecule has 28 heavy (non-hydrogen) atoms. The van der Waals surface area contributed by atoms with E-state index in [0.717, 1.165) is 16.9 Å². The van der Waals surface area contributed by atoms with Gasteiger partial charge in [0.05, 0.1) is 18.0 Å². The van der Waals surface area contributed by atoms with Gasteiger partial charge in [-0.15, -0.1) is 5.10 Å². The predicted molar refractivity (Wildman–Crippen MR) is 109 cm³/mol. The second kappa shape index (κ2) is 10.2. The monoisotopic (exact) mass is 416 g/mol. The topological polar surface area (TPSA) is 59.9 Å². The molecule has 8 heteroatoms. The van der Waals surface area contributed by atoms with Crippen LogP contribution in [-0.4, -0.2) is 15.2 Å². The molecule has 0 spiro atoms. The normalized spacial score (nSPS) is 11.1. The lowest BCUT2D eigenvalue weighted by atomic mass is 10.2. The number of hydroxylamine groups is 1. The number of thioether (sulfide) groups is 1. The fraction of sp³-hybridized carbons (Fsp3) is 0.150. The Morgan fingerprint density at radius 1 is 1.14 bits per heavy atom. The molecule has 0 saturated heterocycles. The molecule has 0 bridgehead atoms. The van der Waals surface area contributed by atoms with E-state index in [0.29, 0.717) is 21.6 Å². The van der Waals surface area contributed by atoms with Crippen molar-refractivity contribution in [2.75, 3.05) is 0 Å². The quantitative estimate of drug-likeness (QED) is 0.318. The summed E-state index contributed by atoms with van der Waals surface area (Å²) in [5, 5.41) is 9.56. The second-order valence-corrected chi connectivity index (χ2v) is 7.23. The number of nitrogens with zero attached hydrogens (tertiary/aromatic N) is 3. The summed E-state index contributed by atoms with van der Waals surface area (Å²) in [5.74, 6) is 0.433. The molecule has 0 radical (unpaired) electrons. The second-order valence-electron chi connectivity index (χ2n) is 5.85. The summed E-state index contributed by atoms with van der Waals surface area (Å²) in [7, 11) is 0. The van der Waals surface area contributed by atoms with Crippen LogP contribution in [-0.2, 0) is 17.2 Å². The number of aryl methyl sites for hydroxylation is 1. The van der Waals surface area contributed by atoms with E-state index in [1.54, 1.807) is 24.4 Å². The fourth-order valence-corrected chi connectivity index (χ4v) is 3.11. The SMILES string of the molecule is Cc1nnc(SCc2ccc(Cl)cc2)nc1C=CNOCc1cccc(F)c1. The predicted octanol–water partition coefficient (Wildman–Crippen LogP) is 4.96. The van der Waals surface area contributed by atoms with Gasteiger partial charge in [-0.25, -0.2) is 9.37 Å². The van der Waals surface area contributed by atoms with Crippen LogP contribution in [0.1, 0.15) is 22.5 Å². The van der Waals surface area contributed by atoms with Gasteiger partial charge in [0.15, 0.2) is 0 Å². The van der Waals surface area contributed by atoms with Crippen molar-refractivity contribution in [2.45, 2.75) is 24.4 Å². The molecule has 2 aromatic carbocycles. The van der Waals surface area contributed by atoms with E-state index >= 15 is 0 Å². The number of aromatic nitrogens is 3. The van der Waals surface area contributed by atoms with E-state index in [2.05, 4.69) is 20.7 Å². The molecule has 1 aromatic heterocycles. The van der Waals surface area contributed by atoms with E-state index in [-0.39, 0.29) is 12.4 Å². The third kappa shape index (κ3) is 6.30. The number of nitrogens with one attached hydrogen (secondary N) is 1. The van der Waals surface area contributed by atoms with Gasteiger partial charge in [0.2, 0.25) is 5.16 Å². The summed E-state index contributed by atoms with van der Waals surface area (Å²) in [6, 6.07) is 13.9. The molecule has 144 valence electrons. The largest absolute Gasteiger partial charge is 0.274 e. The lowest BCUT2D eigenvalue weighted by molar-refractivity contribution is 0.0580. The molecule has 0 saturated carbocycles. The van der Waals surface area contributed by atoms with Crippen molar-refractivity contribution in [1.29, 1.82) is 0 Å². The highest BCUT2D eigenvalue weighted by Crippen LogP contribution is 2.20. The first-order valence-corrected chi connectivity index (χ1v) is 9.83. The van der Waals surface area contributed by atoms with Crippen LogP contribution in [0.15, 0.2) is 59.9 Å². The van der Waals surface area contributed by atoms with Crippen molar-refractivity contribution in [3.05, 3.63) is 88.1 Å². The van der Waals surface area contributed by atoms with E-state index in [1.165, 1.54) is 23.9 Å². The van der Waals surface area contributed by atoms with Crippen LogP contribution < -0.4 is 5.48 Å². The Balaban J connectivity index is 1.52. The van der Waals surface area contributed by atoms with Crippen LogP contribution in [0.25, 0.3) is 6.08 Å². The first kappa shape index (κ1) is 20.3. The van der Waals surface area contributed by atoms with Crippen molar-refractivity contribution in [3.63, 3.8) is 0 Å². The molecule has 5 nitrogen and oxygen atoms in total. The summed E-state index contributed by atoms with van der Waals surface area (Å²) >= 11 is 7.39. The van der Waals surface area contributed by atoms with E-state index in [9.17, 15) is 4.39 Å². The van der Waals surface area contributed by atoms with Crippen molar-refractivity contribution >= 4 is 29.4 Å². The van der Waals surface area contributed by atoms with Gasteiger partial charge in [0.1, 0.15) is 5.82 Å². The number of benzene rings is 2. The van der Waals surface area contributed by atoms with Crippen molar-refractivity contribution in [2.24, 2.45) is 0 Å². The van der Waals surface area contributed by atoms with Gasteiger partial charge in [-0.1, -0.05) is 47.6 Å². The van der Waals surface area contributed by atoms with Gasteiger partial charge >= 0.3 is 0 Å². The molecular weight excluding hydrogens is 399 g/mol. The van der Waals surface area contributed by atoms with Crippen LogP contribution in [0.2, 0.25) is 5.02 Å². The zero-order chi connectivity index (χ0) is 19.8. The Hall–Kier alpha value is -2.48. The summed E-state index contributed by atoms with van der Waals surface area (Å²) in [5.41, 5.74) is 5.96. The van der Waals surface area contributed by atoms with Gasteiger partial charge in [-0.2, -0.15) is 5.10 Å². The lowest BCUT2D eigenvalue weighted by Crippen LogP contribution is -2.07. The van der Waals surface area contributed by atoms with Crippen LogP contribution in [0, 0.1) is 12.7 Å². The molecule has 0 aliphatic heterocycles. The lowest BCUT2D eigenvalue weighted by Gasteiger charge is -2.05. The third-order valence-corrected chi connectivity index (χ3v) is 4.83. The molecule has 0 unspecified atom stereocenters. The van der Waals surface area contributed by atoms with Crippen molar-refractivity contribution < 1.29 is 9.23 Å².